The van der Waals surface area contributed by atoms with Crippen LogP contribution in [-0.4, -0.2) is 77.5 Å². The lowest BCUT2D eigenvalue weighted by Crippen LogP contribution is -2.39. The zero-order chi connectivity index (χ0) is 54.8. The highest BCUT2D eigenvalue weighted by molar-refractivity contribution is 6.10. The molecule has 17 nitrogen and oxygen atoms in total. The number of imide groups is 1. The maximum Gasteiger partial charge on any atom is 0.333 e. The fraction of sp³-hybridized carbons (Fsp3) is 0.377. The molecule has 0 spiro atoms. The predicted octanol–water partition coefficient (Wildman–Crippen LogP) is 8.40. The lowest BCUT2D eigenvalue weighted by Gasteiger charge is -2.23. The average molecular weight is 1060 g/mol. The van der Waals surface area contributed by atoms with E-state index in [0.717, 1.165) is 59.3 Å². The Morgan fingerprint density at radius 3 is 1.79 bits per heavy atom. The Balaban J connectivity index is 0.814. The van der Waals surface area contributed by atoms with Crippen molar-refractivity contribution in [3.8, 4) is 17.2 Å². The Morgan fingerprint density at radius 2 is 1.19 bits per heavy atom. The molecule has 5 aromatic carbocycles. The molecule has 0 aromatic heterocycles. The summed E-state index contributed by atoms with van der Waals surface area (Å²) >= 11 is 0. The number of nitrogens with one attached hydrogen (secondary N) is 2. The van der Waals surface area contributed by atoms with Crippen molar-refractivity contribution in [2.75, 3.05) is 22.2 Å². The normalized spacial score (nSPS) is 17.8. The number of carbonyl (C=O) groups excluding carboxylic acids is 8. The summed E-state index contributed by atoms with van der Waals surface area (Å²) in [4.78, 5) is 113. The van der Waals surface area contributed by atoms with E-state index < -0.39 is 41.6 Å². The van der Waals surface area contributed by atoms with E-state index in [9.17, 15) is 38.4 Å². The van der Waals surface area contributed by atoms with Gasteiger partial charge in [0.25, 0.3) is 23.6 Å². The molecule has 0 bridgehead atoms. The lowest BCUT2D eigenvalue weighted by atomic mass is 9.98. The van der Waals surface area contributed by atoms with Crippen molar-refractivity contribution in [1.29, 1.82) is 0 Å². The van der Waals surface area contributed by atoms with Gasteiger partial charge in [0.05, 0.1) is 13.2 Å². The number of amides is 6. The summed E-state index contributed by atoms with van der Waals surface area (Å²) in [7, 11) is 1.54. The van der Waals surface area contributed by atoms with Gasteiger partial charge in [-0.05, 0) is 159 Å². The third-order valence-electron chi connectivity index (χ3n) is 15.5. The molecule has 6 amide bonds. The van der Waals surface area contributed by atoms with Gasteiger partial charge in [0, 0.05) is 78.3 Å². The van der Waals surface area contributed by atoms with Crippen molar-refractivity contribution in [2.45, 2.75) is 136 Å². The second-order valence-electron chi connectivity index (χ2n) is 21.1. The molecule has 5 heterocycles. The van der Waals surface area contributed by atoms with E-state index in [2.05, 4.69) is 22.8 Å². The Labute approximate surface area is 452 Å². The van der Waals surface area contributed by atoms with Gasteiger partial charge in [-0.25, -0.2) is 4.79 Å². The summed E-state index contributed by atoms with van der Waals surface area (Å²) in [6, 6.07) is 28.4. The number of unbranched alkanes of at least 4 members (excludes halogenated alkanes) is 1. The molecule has 0 saturated carbocycles. The number of nitrogens with zero attached hydrogens (tertiary/aromatic N) is 3. The Bertz CT molecular complexity index is 3250. The number of anilines is 3. The summed E-state index contributed by atoms with van der Waals surface area (Å²) < 4.78 is 18.9. The number of hydroxylamine groups is 2. The number of rotatable bonds is 19. The first-order chi connectivity index (χ1) is 37.6. The Morgan fingerprint density at radius 1 is 0.641 bits per heavy atom. The molecule has 1 saturated heterocycles. The molecule has 78 heavy (non-hydrogen) atoms. The first-order valence-electron chi connectivity index (χ1n) is 26.9. The number of benzene rings is 5. The molecule has 10 rings (SSSR count). The summed E-state index contributed by atoms with van der Waals surface area (Å²) in [6.45, 7) is 5.26. The smallest absolute Gasteiger partial charge is 0.333 e. The molecule has 17 heteroatoms. The van der Waals surface area contributed by atoms with Crippen LogP contribution in [0, 0.1) is 12.8 Å². The van der Waals surface area contributed by atoms with Gasteiger partial charge in [0.15, 0.2) is 17.3 Å². The highest BCUT2D eigenvalue weighted by atomic mass is 16.7. The number of carbonyl (C=O) groups is 8. The quantitative estimate of drug-likeness (QED) is 0.0591. The van der Waals surface area contributed by atoms with Crippen molar-refractivity contribution in [2.24, 2.45) is 5.92 Å². The zero-order valence-electron chi connectivity index (χ0n) is 44.3. The molecule has 4 atom stereocenters. The molecule has 2 N–H and O–H groups in total. The van der Waals surface area contributed by atoms with Gasteiger partial charge in [-0.15, -0.1) is 5.06 Å². The van der Waals surface area contributed by atoms with Crippen molar-refractivity contribution < 1.29 is 57.4 Å². The van der Waals surface area contributed by atoms with Crippen LogP contribution in [0.2, 0.25) is 0 Å². The highest BCUT2D eigenvalue weighted by Gasteiger charge is 2.39. The molecule has 0 radical (unpaired) electrons. The average Bonchev–Trinajstić information content (AvgIpc) is 4.10. The van der Waals surface area contributed by atoms with E-state index in [4.69, 9.17) is 19.0 Å². The second-order valence-corrected chi connectivity index (χ2v) is 21.1. The van der Waals surface area contributed by atoms with Crippen LogP contribution < -0.4 is 34.6 Å². The van der Waals surface area contributed by atoms with Gasteiger partial charge in [-0.2, -0.15) is 0 Å². The first kappa shape index (κ1) is 53.1. The minimum absolute atomic E-state index is 0.00974. The van der Waals surface area contributed by atoms with Crippen molar-refractivity contribution >= 4 is 64.3 Å². The SMILES string of the molecule is COc1cc2c(cc1OCc1cc(COc3cc4c(cc3C)C(=O)N3c5ccccc5C[C@H]3CC4)cc(NC(=O)[C@H](C)CC(=O)[C@H](C)NC(=O)CCCCC(=O)ON3C(=O)CCC3=O)c1)CC[C@@H]1Cc3ccccc3N1C2=O. The Kier molecular flexibility index (Phi) is 15.4. The van der Waals surface area contributed by atoms with Crippen molar-refractivity contribution in [3.63, 3.8) is 0 Å². The first-order valence-corrected chi connectivity index (χ1v) is 26.9. The van der Waals surface area contributed by atoms with E-state index in [-0.39, 0.29) is 81.4 Å². The highest BCUT2D eigenvalue weighted by Crippen LogP contribution is 2.42. The third kappa shape index (κ3) is 11.2. The standard InChI is InChI=1S/C61H63N5O12/c1-35-23-47-40(17-19-45-28-42-11-5-7-13-49(42)64(45)60(47)73)30-52(35)76-33-38-25-39(34-77-54-31-41-18-20-46-29-43-12-6-8-14-50(43)65(46)61(74)48(41)32-53(54)75-4)27-44(26-38)63-59(72)36(2)24-51(67)37(3)62-55(68)15-9-10-16-58(71)78-66-56(69)21-22-57(66)70/h5-8,11-14,23,25-27,30-32,36-37,45-46H,9-10,15-22,24,28-29,33-34H2,1-4H3,(H,62,68)(H,63,72)/t36-,37+,45-,46-/m1/s1. The number of para-hydroxylation sites is 2. The molecule has 1 fully saturated rings. The fourth-order valence-electron chi connectivity index (χ4n) is 11.3. The third-order valence-corrected chi connectivity index (χ3v) is 15.5. The lowest BCUT2D eigenvalue weighted by molar-refractivity contribution is -0.197. The molecular formula is C61H63N5O12. The van der Waals surface area contributed by atoms with E-state index >= 15 is 0 Å². The van der Waals surface area contributed by atoms with Crippen LogP contribution in [0.15, 0.2) is 91.0 Å². The number of methoxy groups -OCH3 is 1. The van der Waals surface area contributed by atoms with Gasteiger partial charge in [-0.1, -0.05) is 43.3 Å². The van der Waals surface area contributed by atoms with Crippen LogP contribution in [0.3, 0.4) is 0 Å². The van der Waals surface area contributed by atoms with Crippen LogP contribution in [0.1, 0.15) is 131 Å². The number of aryl methyl sites for hydroxylation is 3. The van der Waals surface area contributed by atoms with Crippen LogP contribution in [0.5, 0.6) is 17.2 Å². The number of Topliss-reactive ketones (excluding diaryl/α,β-unsaturated/α-hetero) is 1. The monoisotopic (exact) mass is 1060 g/mol. The van der Waals surface area contributed by atoms with Crippen LogP contribution in [-0.2, 0) is 72.5 Å². The molecule has 0 aliphatic carbocycles. The molecule has 0 unspecified atom stereocenters. The molecule has 5 aliphatic rings. The van der Waals surface area contributed by atoms with Crippen LogP contribution >= 0.6 is 0 Å². The molecule has 404 valence electrons. The van der Waals surface area contributed by atoms with Crippen molar-refractivity contribution in [1.82, 2.24) is 10.4 Å². The maximum absolute atomic E-state index is 14.2. The van der Waals surface area contributed by atoms with E-state index in [0.29, 0.717) is 69.5 Å². The van der Waals surface area contributed by atoms with Gasteiger partial charge in [0.2, 0.25) is 11.8 Å². The number of hydrogen-bond donors (Lipinski definition) is 2. The topological polar surface area (TPSA) is 207 Å². The Hall–Kier alpha value is -8.34. The largest absolute Gasteiger partial charge is 0.493 e. The number of ether oxygens (including phenoxy) is 3. The minimum atomic E-state index is -0.894. The number of fused-ring (bicyclic) bond motifs is 8. The van der Waals surface area contributed by atoms with Gasteiger partial charge < -0.3 is 39.5 Å². The molecule has 5 aromatic rings. The number of hydrogen-bond acceptors (Lipinski definition) is 12. The van der Waals surface area contributed by atoms with Gasteiger partial charge in [0.1, 0.15) is 19.0 Å². The summed E-state index contributed by atoms with van der Waals surface area (Å²) in [5.41, 5.74) is 9.92. The summed E-state index contributed by atoms with van der Waals surface area (Å²) in [5.74, 6) is -2.46. The molecule has 5 aliphatic heterocycles. The van der Waals surface area contributed by atoms with Gasteiger partial charge >= 0.3 is 5.97 Å². The van der Waals surface area contributed by atoms with Crippen LogP contribution in [0.4, 0.5) is 17.1 Å². The maximum atomic E-state index is 14.2. The zero-order valence-corrected chi connectivity index (χ0v) is 44.3. The van der Waals surface area contributed by atoms with Crippen molar-refractivity contribution in [3.05, 3.63) is 141 Å². The fourth-order valence-corrected chi connectivity index (χ4v) is 11.3. The minimum Gasteiger partial charge on any atom is -0.493 e. The number of ketones is 1. The van der Waals surface area contributed by atoms with Crippen LogP contribution in [0.25, 0.3) is 0 Å². The predicted molar refractivity (Wildman–Crippen MR) is 288 cm³/mol. The van der Waals surface area contributed by atoms with E-state index in [1.807, 2.05) is 77.4 Å². The molecular weight excluding hydrogens is 995 g/mol. The summed E-state index contributed by atoms with van der Waals surface area (Å²) in [5, 5.41) is 6.15. The van der Waals surface area contributed by atoms with E-state index in [1.54, 1.807) is 32.0 Å². The second kappa shape index (κ2) is 22.7. The van der Waals surface area contributed by atoms with Gasteiger partial charge in [-0.3, -0.25) is 33.6 Å². The summed E-state index contributed by atoms with van der Waals surface area (Å²) in [6.07, 6.45) is 4.87. The van der Waals surface area contributed by atoms with E-state index in [1.165, 1.54) is 12.7 Å².